The summed E-state index contributed by atoms with van der Waals surface area (Å²) in [5.41, 5.74) is 2.51. The second kappa shape index (κ2) is 11.0. The van der Waals surface area contributed by atoms with Crippen LogP contribution in [0.25, 0.3) is 0 Å². The Bertz CT molecular complexity index is 1240. The maximum absolute atomic E-state index is 13.7. The molecule has 180 valence electrons. The molecule has 0 unspecified atom stereocenters. The van der Waals surface area contributed by atoms with Crippen molar-refractivity contribution in [2.24, 2.45) is 0 Å². The zero-order valence-electron chi connectivity index (χ0n) is 19.6. The largest absolute Gasteiger partial charge is 0.497 e. The van der Waals surface area contributed by atoms with E-state index < -0.39 is 22.5 Å². The first kappa shape index (κ1) is 25.1. The fourth-order valence-corrected chi connectivity index (χ4v) is 4.79. The molecular formula is C25H28N2O6S. The molecule has 3 aromatic rings. The Morgan fingerprint density at radius 3 is 2.32 bits per heavy atom. The van der Waals surface area contributed by atoms with Gasteiger partial charge in [0.2, 0.25) is 5.91 Å². The van der Waals surface area contributed by atoms with Gasteiger partial charge in [-0.1, -0.05) is 29.8 Å². The van der Waals surface area contributed by atoms with Gasteiger partial charge in [-0.2, -0.15) is 0 Å². The minimum Gasteiger partial charge on any atom is -0.497 e. The van der Waals surface area contributed by atoms with Crippen LogP contribution in [0.2, 0.25) is 0 Å². The SMILES string of the molecule is COCc1cccc(NC(=O)CN(c2cc(OC)ccc2OC)S(=O)(=O)c2ccc(C)cc2)c1. The highest BCUT2D eigenvalue weighted by atomic mass is 32.2. The molecule has 0 fully saturated rings. The molecule has 34 heavy (non-hydrogen) atoms. The predicted octanol–water partition coefficient (Wildman–Crippen LogP) is 3.99. The summed E-state index contributed by atoms with van der Waals surface area (Å²) in [6.07, 6.45) is 0. The number of nitrogens with one attached hydrogen (secondary N) is 1. The number of amides is 1. The van der Waals surface area contributed by atoms with E-state index in [2.05, 4.69) is 5.32 Å². The number of hydrogen-bond donors (Lipinski definition) is 1. The summed E-state index contributed by atoms with van der Waals surface area (Å²) >= 11 is 0. The molecule has 0 aromatic heterocycles. The Balaban J connectivity index is 2.01. The quantitative estimate of drug-likeness (QED) is 0.468. The summed E-state index contributed by atoms with van der Waals surface area (Å²) in [5, 5.41) is 2.77. The van der Waals surface area contributed by atoms with Crippen molar-refractivity contribution >= 4 is 27.3 Å². The number of carbonyl (C=O) groups excluding carboxylic acids is 1. The molecule has 0 heterocycles. The van der Waals surface area contributed by atoms with E-state index in [1.54, 1.807) is 49.6 Å². The number of methoxy groups -OCH3 is 3. The second-order valence-corrected chi connectivity index (χ2v) is 9.41. The second-order valence-electron chi connectivity index (χ2n) is 7.54. The lowest BCUT2D eigenvalue weighted by atomic mass is 10.2. The first-order valence-corrected chi connectivity index (χ1v) is 11.9. The molecule has 0 aliphatic heterocycles. The van der Waals surface area contributed by atoms with Gasteiger partial charge in [0.25, 0.3) is 10.0 Å². The first-order valence-electron chi connectivity index (χ1n) is 10.5. The Kier molecular flexibility index (Phi) is 8.14. The van der Waals surface area contributed by atoms with Crippen molar-refractivity contribution in [2.45, 2.75) is 18.4 Å². The van der Waals surface area contributed by atoms with Crippen molar-refractivity contribution in [2.75, 3.05) is 37.5 Å². The molecule has 1 amide bonds. The average molecular weight is 485 g/mol. The molecule has 1 N–H and O–H groups in total. The van der Waals surface area contributed by atoms with Gasteiger partial charge in [-0.15, -0.1) is 0 Å². The van der Waals surface area contributed by atoms with Gasteiger partial charge in [-0.25, -0.2) is 8.42 Å². The van der Waals surface area contributed by atoms with Gasteiger partial charge in [0.15, 0.2) is 0 Å². The van der Waals surface area contributed by atoms with Crippen LogP contribution in [-0.2, 0) is 26.2 Å². The van der Waals surface area contributed by atoms with Crippen LogP contribution < -0.4 is 19.1 Å². The minimum absolute atomic E-state index is 0.0536. The van der Waals surface area contributed by atoms with Gasteiger partial charge in [0, 0.05) is 18.9 Å². The number of carbonyl (C=O) groups is 1. The van der Waals surface area contributed by atoms with Crippen molar-refractivity contribution in [1.29, 1.82) is 0 Å². The van der Waals surface area contributed by atoms with E-state index in [9.17, 15) is 13.2 Å². The summed E-state index contributed by atoms with van der Waals surface area (Å²) in [6.45, 7) is 1.78. The molecule has 0 aliphatic carbocycles. The topological polar surface area (TPSA) is 94.2 Å². The van der Waals surface area contributed by atoms with Crippen LogP contribution in [0.5, 0.6) is 11.5 Å². The zero-order chi connectivity index (χ0) is 24.7. The number of aryl methyl sites for hydroxylation is 1. The number of nitrogens with zero attached hydrogens (tertiary/aromatic N) is 1. The van der Waals surface area contributed by atoms with Crippen molar-refractivity contribution < 1.29 is 27.4 Å². The fraction of sp³-hybridized carbons (Fsp3) is 0.240. The molecule has 3 aromatic carbocycles. The maximum Gasteiger partial charge on any atom is 0.264 e. The van der Waals surface area contributed by atoms with Crippen molar-refractivity contribution in [3.63, 3.8) is 0 Å². The number of anilines is 2. The molecule has 8 nitrogen and oxygen atoms in total. The third-order valence-corrected chi connectivity index (χ3v) is 6.85. The van der Waals surface area contributed by atoms with Crippen LogP contribution in [0.15, 0.2) is 71.6 Å². The monoisotopic (exact) mass is 484 g/mol. The standard InChI is InChI=1S/C25H28N2O6S/c1-18-8-11-22(12-9-18)34(29,30)27(23-15-21(32-3)10-13-24(23)33-4)16-25(28)26-20-7-5-6-19(14-20)17-31-2/h5-15H,16-17H2,1-4H3,(H,26,28). The van der Waals surface area contributed by atoms with E-state index in [0.717, 1.165) is 15.4 Å². The van der Waals surface area contributed by atoms with E-state index in [4.69, 9.17) is 14.2 Å². The number of ether oxygens (including phenoxy) is 3. The molecule has 0 spiro atoms. The molecule has 3 rings (SSSR count). The normalized spacial score (nSPS) is 11.1. The first-order chi connectivity index (χ1) is 16.3. The van der Waals surface area contributed by atoms with Crippen LogP contribution in [0.3, 0.4) is 0 Å². The molecule has 0 saturated heterocycles. The number of hydrogen-bond acceptors (Lipinski definition) is 6. The molecular weight excluding hydrogens is 456 g/mol. The van der Waals surface area contributed by atoms with Gasteiger partial charge >= 0.3 is 0 Å². The van der Waals surface area contributed by atoms with Gasteiger partial charge in [-0.05, 0) is 48.9 Å². The zero-order valence-corrected chi connectivity index (χ0v) is 20.4. The Labute approximate surface area is 200 Å². The summed E-state index contributed by atoms with van der Waals surface area (Å²) in [6, 6.07) is 18.4. The highest BCUT2D eigenvalue weighted by Gasteiger charge is 2.30. The molecule has 0 radical (unpaired) electrons. The highest BCUT2D eigenvalue weighted by Crippen LogP contribution is 2.35. The van der Waals surface area contributed by atoms with Crippen molar-refractivity contribution in [3.8, 4) is 11.5 Å². The van der Waals surface area contributed by atoms with E-state index in [1.165, 1.54) is 32.4 Å². The van der Waals surface area contributed by atoms with E-state index in [0.29, 0.717) is 18.0 Å². The van der Waals surface area contributed by atoms with E-state index in [-0.39, 0.29) is 16.3 Å². The Morgan fingerprint density at radius 2 is 1.68 bits per heavy atom. The summed E-state index contributed by atoms with van der Waals surface area (Å²) in [4.78, 5) is 13.1. The molecule has 0 atom stereocenters. The Morgan fingerprint density at radius 1 is 0.941 bits per heavy atom. The van der Waals surface area contributed by atoms with Gasteiger partial charge in [0.1, 0.15) is 18.0 Å². The van der Waals surface area contributed by atoms with Crippen LogP contribution in [0.4, 0.5) is 11.4 Å². The molecule has 9 heteroatoms. The third kappa shape index (κ3) is 5.86. The number of sulfonamides is 1. The lowest BCUT2D eigenvalue weighted by Crippen LogP contribution is -2.38. The summed E-state index contributed by atoms with van der Waals surface area (Å²) in [7, 11) is 0.378. The van der Waals surface area contributed by atoms with Gasteiger partial charge < -0.3 is 19.5 Å². The lowest BCUT2D eigenvalue weighted by molar-refractivity contribution is -0.114. The summed E-state index contributed by atoms with van der Waals surface area (Å²) < 4.78 is 44.2. The van der Waals surface area contributed by atoms with Crippen LogP contribution in [0.1, 0.15) is 11.1 Å². The van der Waals surface area contributed by atoms with Gasteiger partial charge in [0.05, 0.1) is 31.4 Å². The lowest BCUT2D eigenvalue weighted by Gasteiger charge is -2.26. The van der Waals surface area contributed by atoms with Crippen LogP contribution in [-0.4, -0.2) is 42.2 Å². The molecule has 0 saturated carbocycles. The van der Waals surface area contributed by atoms with Crippen LogP contribution in [0, 0.1) is 6.92 Å². The van der Waals surface area contributed by atoms with E-state index >= 15 is 0 Å². The predicted molar refractivity (Wildman–Crippen MR) is 131 cm³/mol. The maximum atomic E-state index is 13.7. The highest BCUT2D eigenvalue weighted by molar-refractivity contribution is 7.92. The molecule has 0 bridgehead atoms. The van der Waals surface area contributed by atoms with Crippen molar-refractivity contribution in [1.82, 2.24) is 0 Å². The number of benzene rings is 3. The van der Waals surface area contributed by atoms with Crippen molar-refractivity contribution in [3.05, 3.63) is 77.9 Å². The third-order valence-electron chi connectivity index (χ3n) is 5.07. The summed E-state index contributed by atoms with van der Waals surface area (Å²) in [5.74, 6) is 0.189. The van der Waals surface area contributed by atoms with Crippen LogP contribution >= 0.6 is 0 Å². The van der Waals surface area contributed by atoms with Gasteiger partial charge in [-0.3, -0.25) is 9.10 Å². The fourth-order valence-electron chi connectivity index (χ4n) is 3.37. The minimum atomic E-state index is -4.12. The number of rotatable bonds is 10. The Hall–Kier alpha value is -3.56. The smallest absolute Gasteiger partial charge is 0.264 e. The molecule has 0 aliphatic rings. The van der Waals surface area contributed by atoms with E-state index in [1.807, 2.05) is 13.0 Å². The average Bonchev–Trinajstić information content (AvgIpc) is 2.82.